The Hall–Kier alpha value is -5.17. The van der Waals surface area contributed by atoms with Crippen LogP contribution in [0.25, 0.3) is 16.9 Å². The van der Waals surface area contributed by atoms with Crippen molar-refractivity contribution in [3.8, 4) is 22.7 Å². The number of amides is 1. The van der Waals surface area contributed by atoms with Gasteiger partial charge in [0.2, 0.25) is 6.10 Å². The fourth-order valence-corrected chi connectivity index (χ4v) is 4.23. The molecule has 1 amide bonds. The summed E-state index contributed by atoms with van der Waals surface area (Å²) in [6, 6.07) is 33.3. The van der Waals surface area contributed by atoms with Gasteiger partial charge in [-0.05, 0) is 36.8 Å². The summed E-state index contributed by atoms with van der Waals surface area (Å²) >= 11 is 0. The molecule has 0 saturated carbocycles. The van der Waals surface area contributed by atoms with E-state index in [1.807, 2.05) is 79.7 Å². The molecule has 7 heteroatoms. The molecular weight excluding hydrogens is 490 g/mol. The quantitative estimate of drug-likeness (QED) is 0.241. The smallest absolute Gasteiger partial charge is 0.343 e. The van der Waals surface area contributed by atoms with E-state index >= 15 is 0 Å². The lowest BCUT2D eigenvalue weighted by molar-refractivity contribution is -0.125. The second-order valence-electron chi connectivity index (χ2n) is 8.93. The van der Waals surface area contributed by atoms with Crippen LogP contribution >= 0.6 is 0 Å². The number of ether oxygens (including phenoxy) is 2. The van der Waals surface area contributed by atoms with Gasteiger partial charge in [-0.2, -0.15) is 5.10 Å². The maximum atomic E-state index is 13.7. The van der Waals surface area contributed by atoms with Crippen LogP contribution in [0.1, 0.15) is 27.6 Å². The van der Waals surface area contributed by atoms with Gasteiger partial charge < -0.3 is 14.8 Å². The van der Waals surface area contributed by atoms with Gasteiger partial charge in [-0.3, -0.25) is 4.79 Å². The number of rotatable bonds is 8. The van der Waals surface area contributed by atoms with Crippen molar-refractivity contribution in [2.24, 2.45) is 0 Å². The number of methoxy groups -OCH3 is 1. The standard InChI is InChI=1S/C32H27N3O4/c1-22-18-19-28(38-2)27(20-22)33-31(36)30(24-14-8-4-9-15-24)39-32(37)26-21-35(25-16-10-5-11-17-25)34-29(26)23-12-6-3-7-13-23/h3-21,30H,1-2H3,(H,33,36). The molecule has 0 fully saturated rings. The Kier molecular flexibility index (Phi) is 7.50. The number of para-hydroxylation sites is 1. The first kappa shape index (κ1) is 25.5. The highest BCUT2D eigenvalue weighted by Crippen LogP contribution is 2.30. The van der Waals surface area contributed by atoms with E-state index in [4.69, 9.17) is 14.6 Å². The zero-order valence-corrected chi connectivity index (χ0v) is 21.6. The fourth-order valence-electron chi connectivity index (χ4n) is 4.23. The van der Waals surface area contributed by atoms with Gasteiger partial charge in [0, 0.05) is 17.3 Å². The zero-order chi connectivity index (χ0) is 27.2. The van der Waals surface area contributed by atoms with Gasteiger partial charge in [0.25, 0.3) is 5.91 Å². The van der Waals surface area contributed by atoms with Crippen LogP contribution in [0.15, 0.2) is 115 Å². The van der Waals surface area contributed by atoms with Crippen molar-refractivity contribution in [1.82, 2.24) is 9.78 Å². The van der Waals surface area contributed by atoms with E-state index in [0.29, 0.717) is 22.7 Å². The molecule has 0 bridgehead atoms. The lowest BCUT2D eigenvalue weighted by Gasteiger charge is -2.19. The third-order valence-electron chi connectivity index (χ3n) is 6.18. The molecule has 1 atom stereocenters. The van der Waals surface area contributed by atoms with E-state index in [2.05, 4.69) is 5.32 Å². The number of hydrogen-bond donors (Lipinski definition) is 1. The summed E-state index contributed by atoms with van der Waals surface area (Å²) in [6.45, 7) is 1.92. The average Bonchev–Trinajstić information content (AvgIpc) is 3.43. The molecule has 1 unspecified atom stereocenters. The Morgan fingerprint density at radius 3 is 2.15 bits per heavy atom. The zero-order valence-electron chi connectivity index (χ0n) is 21.6. The second-order valence-corrected chi connectivity index (χ2v) is 8.93. The number of aromatic nitrogens is 2. The number of benzene rings is 4. The summed E-state index contributed by atoms with van der Waals surface area (Å²) in [5.74, 6) is -0.672. The Morgan fingerprint density at radius 2 is 1.49 bits per heavy atom. The topological polar surface area (TPSA) is 82.5 Å². The highest BCUT2D eigenvalue weighted by Gasteiger charge is 2.29. The third-order valence-corrected chi connectivity index (χ3v) is 6.18. The molecule has 0 aliphatic heterocycles. The highest BCUT2D eigenvalue weighted by atomic mass is 16.5. The van der Waals surface area contributed by atoms with E-state index in [0.717, 1.165) is 16.8 Å². The maximum Gasteiger partial charge on any atom is 0.343 e. The fraction of sp³-hybridized carbons (Fsp3) is 0.0938. The average molecular weight is 518 g/mol. The van der Waals surface area contributed by atoms with Gasteiger partial charge >= 0.3 is 5.97 Å². The van der Waals surface area contributed by atoms with E-state index in [1.165, 1.54) is 7.11 Å². The van der Waals surface area contributed by atoms with Crippen LogP contribution in [0.5, 0.6) is 5.75 Å². The number of aryl methyl sites for hydroxylation is 1. The van der Waals surface area contributed by atoms with E-state index in [1.54, 1.807) is 47.3 Å². The van der Waals surface area contributed by atoms with Crippen LogP contribution < -0.4 is 10.1 Å². The van der Waals surface area contributed by atoms with Crippen LogP contribution in [0.2, 0.25) is 0 Å². The molecule has 1 N–H and O–H groups in total. The van der Waals surface area contributed by atoms with Crippen LogP contribution in [-0.2, 0) is 9.53 Å². The Bertz CT molecular complexity index is 1580. The molecule has 39 heavy (non-hydrogen) atoms. The van der Waals surface area contributed by atoms with Crippen molar-refractivity contribution in [2.75, 3.05) is 12.4 Å². The van der Waals surface area contributed by atoms with Gasteiger partial charge in [-0.1, -0.05) is 84.9 Å². The summed E-state index contributed by atoms with van der Waals surface area (Å²) in [4.78, 5) is 27.3. The van der Waals surface area contributed by atoms with Crippen molar-refractivity contribution in [3.63, 3.8) is 0 Å². The van der Waals surface area contributed by atoms with Crippen molar-refractivity contribution in [3.05, 3.63) is 132 Å². The van der Waals surface area contributed by atoms with Crippen LogP contribution in [0.3, 0.4) is 0 Å². The molecule has 0 radical (unpaired) electrons. The summed E-state index contributed by atoms with van der Waals surface area (Å²) in [5, 5.41) is 7.57. The minimum Gasteiger partial charge on any atom is -0.495 e. The number of carbonyl (C=O) groups excluding carboxylic acids is 2. The van der Waals surface area contributed by atoms with Gasteiger partial charge in [0.1, 0.15) is 17.0 Å². The number of anilines is 1. The molecule has 0 aliphatic rings. The molecule has 0 spiro atoms. The Morgan fingerprint density at radius 1 is 0.846 bits per heavy atom. The molecule has 5 aromatic rings. The Balaban J connectivity index is 1.51. The van der Waals surface area contributed by atoms with E-state index in [-0.39, 0.29) is 5.56 Å². The highest BCUT2D eigenvalue weighted by molar-refractivity contribution is 6.01. The molecule has 1 heterocycles. The first-order valence-corrected chi connectivity index (χ1v) is 12.5. The number of nitrogens with zero attached hydrogens (tertiary/aromatic N) is 2. The SMILES string of the molecule is COc1ccc(C)cc1NC(=O)C(OC(=O)c1cn(-c2ccccc2)nc1-c1ccccc1)c1ccccc1. The van der Waals surface area contributed by atoms with Crippen molar-refractivity contribution in [1.29, 1.82) is 0 Å². The summed E-state index contributed by atoms with van der Waals surface area (Å²) in [6.07, 6.45) is 0.413. The monoisotopic (exact) mass is 517 g/mol. The number of nitrogens with one attached hydrogen (secondary N) is 1. The minimum absolute atomic E-state index is 0.243. The second kappa shape index (κ2) is 11.5. The summed E-state index contributed by atoms with van der Waals surface area (Å²) in [7, 11) is 1.53. The molecular formula is C32H27N3O4. The lowest BCUT2D eigenvalue weighted by Crippen LogP contribution is -2.26. The number of esters is 1. The number of carbonyl (C=O) groups is 2. The molecule has 4 aromatic carbocycles. The van der Waals surface area contributed by atoms with Crippen molar-refractivity contribution in [2.45, 2.75) is 13.0 Å². The van der Waals surface area contributed by atoms with Gasteiger partial charge in [0.15, 0.2) is 0 Å². The van der Waals surface area contributed by atoms with Gasteiger partial charge in [-0.25, -0.2) is 9.48 Å². The van der Waals surface area contributed by atoms with Crippen molar-refractivity contribution < 1.29 is 19.1 Å². The maximum absolute atomic E-state index is 13.7. The molecule has 5 rings (SSSR count). The van der Waals surface area contributed by atoms with Crippen LogP contribution in [0.4, 0.5) is 5.69 Å². The first-order chi connectivity index (χ1) is 19.0. The van der Waals surface area contributed by atoms with Gasteiger partial charge in [0.05, 0.1) is 18.5 Å². The minimum atomic E-state index is -1.22. The third kappa shape index (κ3) is 5.72. The predicted octanol–water partition coefficient (Wildman–Crippen LogP) is 6.39. The predicted molar refractivity (Wildman–Crippen MR) is 150 cm³/mol. The van der Waals surface area contributed by atoms with Gasteiger partial charge in [-0.15, -0.1) is 0 Å². The number of hydrogen-bond acceptors (Lipinski definition) is 5. The summed E-state index contributed by atoms with van der Waals surface area (Å²) < 4.78 is 13.0. The molecule has 1 aromatic heterocycles. The van der Waals surface area contributed by atoms with E-state index < -0.39 is 18.0 Å². The first-order valence-electron chi connectivity index (χ1n) is 12.5. The molecule has 0 aliphatic carbocycles. The van der Waals surface area contributed by atoms with Crippen molar-refractivity contribution >= 4 is 17.6 Å². The van der Waals surface area contributed by atoms with Crippen LogP contribution in [-0.4, -0.2) is 28.8 Å². The van der Waals surface area contributed by atoms with Crippen LogP contribution in [0, 0.1) is 6.92 Å². The molecule has 0 saturated heterocycles. The molecule has 7 nitrogen and oxygen atoms in total. The lowest BCUT2D eigenvalue weighted by atomic mass is 10.1. The molecule has 194 valence electrons. The largest absolute Gasteiger partial charge is 0.495 e. The Labute approximate surface area is 226 Å². The summed E-state index contributed by atoms with van der Waals surface area (Å²) in [5.41, 5.74) is 4.21. The van der Waals surface area contributed by atoms with E-state index in [9.17, 15) is 9.59 Å². The normalized spacial score (nSPS) is 11.4.